The zero-order valence-electron chi connectivity index (χ0n) is 12.4. The third-order valence-corrected chi connectivity index (χ3v) is 4.95. The van der Waals surface area contributed by atoms with Crippen molar-refractivity contribution in [3.8, 4) is 0 Å². The van der Waals surface area contributed by atoms with Crippen LogP contribution < -0.4 is 10.6 Å². The largest absolute Gasteiger partial charge is 0.383 e. The van der Waals surface area contributed by atoms with Gasteiger partial charge in [0, 0.05) is 13.6 Å². The van der Waals surface area contributed by atoms with E-state index in [0.717, 1.165) is 0 Å². The summed E-state index contributed by atoms with van der Waals surface area (Å²) < 4.78 is 24.0. The van der Waals surface area contributed by atoms with Gasteiger partial charge in [0.05, 0.1) is 21.8 Å². The van der Waals surface area contributed by atoms with Crippen LogP contribution in [0.2, 0.25) is 0 Å². The average Bonchev–Trinajstić information content (AvgIpc) is 2.44. The number of amides is 1. The molecule has 0 spiro atoms. The molecule has 0 bridgehead atoms. The molecule has 0 radical (unpaired) electrons. The van der Waals surface area contributed by atoms with E-state index in [1.165, 1.54) is 0 Å². The lowest BCUT2D eigenvalue weighted by atomic mass is 9.92. The molecule has 0 heterocycles. The number of para-hydroxylation sites is 1. The van der Waals surface area contributed by atoms with Gasteiger partial charge in [-0.15, -0.1) is 0 Å². The summed E-state index contributed by atoms with van der Waals surface area (Å²) in [6.07, 6.45) is 0. The average molecular weight is 298 g/mol. The summed E-state index contributed by atoms with van der Waals surface area (Å²) in [7, 11) is -1.70. The van der Waals surface area contributed by atoms with Crippen molar-refractivity contribution in [2.45, 2.75) is 25.7 Å². The Kier molecular flexibility index (Phi) is 5.16. The molecule has 112 valence electrons. The van der Waals surface area contributed by atoms with Crippen LogP contribution in [0.25, 0.3) is 0 Å². The second kappa shape index (κ2) is 6.26. The maximum absolute atomic E-state index is 12.0. The molecular formula is C14H22N2O3S. The highest BCUT2D eigenvalue weighted by molar-refractivity contribution is 7.91. The number of hydrogen-bond donors (Lipinski definition) is 2. The lowest BCUT2D eigenvalue weighted by Crippen LogP contribution is -2.39. The number of anilines is 1. The maximum Gasteiger partial charge on any atom is 0.227 e. The molecule has 5 nitrogen and oxygen atoms in total. The SMILES string of the molecule is CCS(=O)(=O)c1ccccc1NCC(C)(C)C(=O)NC. The fourth-order valence-electron chi connectivity index (χ4n) is 1.77. The molecule has 0 atom stereocenters. The van der Waals surface area contributed by atoms with E-state index < -0.39 is 15.3 Å². The van der Waals surface area contributed by atoms with Gasteiger partial charge in [-0.05, 0) is 26.0 Å². The second-order valence-electron chi connectivity index (χ2n) is 5.22. The van der Waals surface area contributed by atoms with E-state index in [9.17, 15) is 13.2 Å². The quantitative estimate of drug-likeness (QED) is 0.837. The molecule has 0 fully saturated rings. The van der Waals surface area contributed by atoms with Crippen LogP contribution in [0.1, 0.15) is 20.8 Å². The number of sulfone groups is 1. The number of carbonyl (C=O) groups is 1. The first-order valence-electron chi connectivity index (χ1n) is 6.52. The van der Waals surface area contributed by atoms with Gasteiger partial charge < -0.3 is 10.6 Å². The van der Waals surface area contributed by atoms with Crippen LogP contribution in [0.4, 0.5) is 5.69 Å². The molecule has 0 aromatic heterocycles. The molecule has 20 heavy (non-hydrogen) atoms. The van der Waals surface area contributed by atoms with E-state index >= 15 is 0 Å². The Morgan fingerprint density at radius 1 is 1.25 bits per heavy atom. The summed E-state index contributed by atoms with van der Waals surface area (Å²) in [5, 5.41) is 5.67. The van der Waals surface area contributed by atoms with Crippen LogP contribution in [-0.2, 0) is 14.6 Å². The molecule has 0 unspecified atom stereocenters. The Morgan fingerprint density at radius 2 is 1.85 bits per heavy atom. The van der Waals surface area contributed by atoms with Crippen LogP contribution >= 0.6 is 0 Å². The number of carbonyl (C=O) groups excluding carboxylic acids is 1. The molecule has 1 aromatic rings. The molecule has 1 rings (SSSR count). The minimum Gasteiger partial charge on any atom is -0.383 e. The van der Waals surface area contributed by atoms with E-state index in [0.29, 0.717) is 12.2 Å². The Bertz CT molecular complexity index is 580. The van der Waals surface area contributed by atoms with Crippen LogP contribution in [0, 0.1) is 5.41 Å². The summed E-state index contributed by atoms with van der Waals surface area (Å²) in [5.74, 6) is -0.0503. The molecule has 0 aliphatic heterocycles. The van der Waals surface area contributed by atoms with Crippen molar-refractivity contribution in [2.24, 2.45) is 5.41 Å². The third kappa shape index (κ3) is 3.72. The van der Waals surface area contributed by atoms with Crippen molar-refractivity contribution in [3.63, 3.8) is 0 Å². The lowest BCUT2D eigenvalue weighted by Gasteiger charge is -2.24. The van der Waals surface area contributed by atoms with Gasteiger partial charge in [-0.25, -0.2) is 8.42 Å². The monoisotopic (exact) mass is 298 g/mol. The van der Waals surface area contributed by atoms with Gasteiger partial charge in [0.1, 0.15) is 0 Å². The smallest absolute Gasteiger partial charge is 0.227 e. The number of hydrogen-bond acceptors (Lipinski definition) is 4. The molecular weight excluding hydrogens is 276 g/mol. The summed E-state index contributed by atoms with van der Waals surface area (Å²) in [4.78, 5) is 12.0. The van der Waals surface area contributed by atoms with E-state index in [4.69, 9.17) is 0 Å². The normalized spacial score (nSPS) is 12.0. The highest BCUT2D eigenvalue weighted by atomic mass is 32.2. The van der Waals surface area contributed by atoms with Gasteiger partial charge in [0.15, 0.2) is 9.84 Å². The van der Waals surface area contributed by atoms with E-state index in [2.05, 4.69) is 10.6 Å². The Hall–Kier alpha value is -1.56. The van der Waals surface area contributed by atoms with Crippen molar-refractivity contribution in [1.82, 2.24) is 5.32 Å². The van der Waals surface area contributed by atoms with Gasteiger partial charge in [-0.3, -0.25) is 4.79 Å². The van der Waals surface area contributed by atoms with Crippen molar-refractivity contribution in [1.29, 1.82) is 0 Å². The molecule has 0 aliphatic rings. The standard InChI is InChI=1S/C14H22N2O3S/c1-5-20(18,19)12-9-7-6-8-11(12)16-10-14(2,3)13(17)15-4/h6-9,16H,5,10H2,1-4H3,(H,15,17). The third-order valence-electron chi connectivity index (χ3n) is 3.16. The highest BCUT2D eigenvalue weighted by Gasteiger charge is 2.27. The van der Waals surface area contributed by atoms with E-state index in [-0.39, 0.29) is 16.6 Å². The minimum atomic E-state index is -3.29. The summed E-state index contributed by atoms with van der Waals surface area (Å²) >= 11 is 0. The van der Waals surface area contributed by atoms with Crippen LogP contribution in [0.3, 0.4) is 0 Å². The molecule has 1 amide bonds. The minimum absolute atomic E-state index is 0.0462. The number of benzene rings is 1. The van der Waals surface area contributed by atoms with Crippen molar-refractivity contribution in [3.05, 3.63) is 24.3 Å². The number of nitrogens with one attached hydrogen (secondary N) is 2. The van der Waals surface area contributed by atoms with Crippen molar-refractivity contribution < 1.29 is 13.2 Å². The Morgan fingerprint density at radius 3 is 2.40 bits per heavy atom. The predicted octanol–water partition coefficient (Wildman–Crippen LogP) is 1.66. The number of rotatable bonds is 6. The molecule has 0 saturated carbocycles. The fraction of sp³-hybridized carbons (Fsp3) is 0.500. The fourth-order valence-corrected chi connectivity index (χ4v) is 2.85. The molecule has 0 saturated heterocycles. The summed E-state index contributed by atoms with van der Waals surface area (Å²) in [6, 6.07) is 6.75. The molecule has 2 N–H and O–H groups in total. The van der Waals surface area contributed by atoms with Gasteiger partial charge in [-0.1, -0.05) is 19.1 Å². The van der Waals surface area contributed by atoms with E-state index in [1.54, 1.807) is 52.1 Å². The predicted molar refractivity (Wildman–Crippen MR) is 80.5 cm³/mol. The van der Waals surface area contributed by atoms with Crippen LogP contribution in [-0.4, -0.2) is 33.7 Å². The van der Waals surface area contributed by atoms with Gasteiger partial charge in [0.2, 0.25) is 5.91 Å². The Balaban J connectivity index is 2.98. The van der Waals surface area contributed by atoms with Gasteiger partial charge in [0.25, 0.3) is 0 Å². The Labute approximate surface area is 120 Å². The zero-order valence-corrected chi connectivity index (χ0v) is 13.2. The first-order valence-corrected chi connectivity index (χ1v) is 8.17. The lowest BCUT2D eigenvalue weighted by molar-refractivity contribution is -0.128. The van der Waals surface area contributed by atoms with Crippen LogP contribution in [0.5, 0.6) is 0 Å². The highest BCUT2D eigenvalue weighted by Crippen LogP contribution is 2.24. The van der Waals surface area contributed by atoms with Crippen LogP contribution in [0.15, 0.2) is 29.2 Å². The second-order valence-corrected chi connectivity index (χ2v) is 7.46. The first kappa shape index (κ1) is 16.5. The van der Waals surface area contributed by atoms with Gasteiger partial charge in [-0.2, -0.15) is 0 Å². The van der Waals surface area contributed by atoms with Gasteiger partial charge >= 0.3 is 0 Å². The van der Waals surface area contributed by atoms with Crippen molar-refractivity contribution >= 4 is 21.4 Å². The van der Waals surface area contributed by atoms with Crippen molar-refractivity contribution in [2.75, 3.05) is 24.7 Å². The summed E-state index contributed by atoms with van der Waals surface area (Å²) in [5.41, 5.74) is -0.0935. The van der Waals surface area contributed by atoms with E-state index in [1.807, 2.05) is 0 Å². The first-order chi connectivity index (χ1) is 9.24. The molecule has 0 aliphatic carbocycles. The topological polar surface area (TPSA) is 75.3 Å². The zero-order chi connectivity index (χ0) is 15.4. The molecule has 6 heteroatoms. The summed E-state index contributed by atoms with van der Waals surface area (Å²) in [6.45, 7) is 5.56. The molecule has 1 aromatic carbocycles. The maximum atomic E-state index is 12.0.